The first-order valence-electron chi connectivity index (χ1n) is 5.16. The second kappa shape index (κ2) is 6.56. The van der Waals surface area contributed by atoms with E-state index in [1.165, 1.54) is 6.21 Å². The molecule has 4 nitrogen and oxygen atoms in total. The first-order chi connectivity index (χ1) is 8.81. The van der Waals surface area contributed by atoms with Crippen LogP contribution in [0.25, 0.3) is 10.8 Å². The predicted octanol–water partition coefficient (Wildman–Crippen LogP) is 3.34. The molecule has 3 aromatic rings. The van der Waals surface area contributed by atoms with Crippen LogP contribution in [0.15, 0.2) is 42.6 Å². The fourth-order valence-corrected chi connectivity index (χ4v) is 2.55. The molecule has 90 valence electrons. The number of pyridine rings is 2. The van der Waals surface area contributed by atoms with Gasteiger partial charge in [-0.15, -0.1) is 0 Å². The zero-order chi connectivity index (χ0) is 12.8. The second-order valence-corrected chi connectivity index (χ2v) is 5.34. The van der Waals surface area contributed by atoms with Gasteiger partial charge in [-0.2, -0.15) is 0 Å². The van der Waals surface area contributed by atoms with Gasteiger partial charge in [0.05, 0.1) is 5.52 Å². The summed E-state index contributed by atoms with van der Waals surface area (Å²) in [5.74, 6) is 1.91. The Morgan fingerprint density at radius 1 is 1.11 bits per heavy atom. The van der Waals surface area contributed by atoms with E-state index in [0.29, 0.717) is 8.19 Å². The van der Waals surface area contributed by atoms with Crippen molar-refractivity contribution in [2.24, 2.45) is 0 Å². The van der Waals surface area contributed by atoms with Gasteiger partial charge in [-0.1, -0.05) is 8.19 Å². The summed E-state index contributed by atoms with van der Waals surface area (Å²) in [6, 6.07) is 7.58. The SMILES string of the molecule is N=Cc1cccnc1I.c1cnc2[pH]cnc2c1. The van der Waals surface area contributed by atoms with Crippen LogP contribution in [-0.2, 0) is 0 Å². The monoisotopic (exact) mass is 368 g/mol. The molecule has 3 rings (SSSR count). The lowest BCUT2D eigenvalue weighted by Crippen LogP contribution is -1.86. The van der Waals surface area contributed by atoms with Crippen molar-refractivity contribution < 1.29 is 0 Å². The Hall–Kier alpha value is -1.33. The highest BCUT2D eigenvalue weighted by Crippen LogP contribution is 2.17. The summed E-state index contributed by atoms with van der Waals surface area (Å²) in [5, 5.41) is 8.04. The minimum Gasteiger partial charge on any atom is -0.308 e. The largest absolute Gasteiger partial charge is 0.308 e. The number of rotatable bonds is 1. The molecule has 0 aliphatic carbocycles. The number of nitrogens with zero attached hydrogens (tertiary/aromatic N) is 3. The molecule has 0 aliphatic heterocycles. The highest BCUT2D eigenvalue weighted by Gasteiger charge is 1.91. The Morgan fingerprint density at radius 3 is 2.56 bits per heavy atom. The third-order valence-electron chi connectivity index (χ3n) is 2.13. The summed E-state index contributed by atoms with van der Waals surface area (Å²) in [7, 11) is 0.677. The number of halogens is 1. The summed E-state index contributed by atoms with van der Waals surface area (Å²) in [4.78, 5) is 12.3. The summed E-state index contributed by atoms with van der Waals surface area (Å²) in [6.07, 6.45) is 4.82. The Balaban J connectivity index is 0.000000134. The average Bonchev–Trinajstić information content (AvgIpc) is 2.88. The van der Waals surface area contributed by atoms with E-state index in [1.54, 1.807) is 12.4 Å². The standard InChI is InChI=1S/C6H5IN2.C6H5N2P/c7-6-5(4-8)2-1-3-9-6;1-2-5-6(7-3-1)9-4-8-5/h1-4,8H;1-4,9H. The van der Waals surface area contributed by atoms with Crippen LogP contribution in [0.5, 0.6) is 0 Å². The molecule has 0 spiro atoms. The van der Waals surface area contributed by atoms with Crippen molar-refractivity contribution in [3.63, 3.8) is 0 Å². The highest BCUT2D eigenvalue weighted by atomic mass is 127. The van der Waals surface area contributed by atoms with Crippen LogP contribution < -0.4 is 0 Å². The van der Waals surface area contributed by atoms with Gasteiger partial charge >= 0.3 is 0 Å². The molecule has 0 amide bonds. The van der Waals surface area contributed by atoms with Crippen molar-refractivity contribution in [3.05, 3.63) is 51.9 Å². The van der Waals surface area contributed by atoms with Crippen molar-refractivity contribution in [3.8, 4) is 0 Å². The fraction of sp³-hybridized carbons (Fsp3) is 0. The minimum absolute atomic E-state index is 0.677. The van der Waals surface area contributed by atoms with Crippen molar-refractivity contribution in [1.29, 1.82) is 5.41 Å². The zero-order valence-electron chi connectivity index (χ0n) is 9.34. The maximum absolute atomic E-state index is 6.91. The van der Waals surface area contributed by atoms with E-state index in [-0.39, 0.29) is 0 Å². The molecular weight excluding hydrogens is 358 g/mol. The first-order valence-corrected chi connectivity index (χ1v) is 7.32. The molecular formula is C12H10IN4P. The Bertz CT molecular complexity index is 623. The van der Waals surface area contributed by atoms with Gasteiger partial charge in [0.25, 0.3) is 0 Å². The van der Waals surface area contributed by atoms with Gasteiger partial charge < -0.3 is 5.41 Å². The van der Waals surface area contributed by atoms with Gasteiger partial charge in [-0.25, -0.2) is 4.98 Å². The smallest absolute Gasteiger partial charge is 0.110 e. The van der Waals surface area contributed by atoms with E-state index in [1.807, 2.05) is 30.2 Å². The van der Waals surface area contributed by atoms with E-state index in [2.05, 4.69) is 37.5 Å². The molecule has 1 atom stereocenters. The topological polar surface area (TPSA) is 62.5 Å². The number of nitrogens with one attached hydrogen (secondary N) is 1. The maximum Gasteiger partial charge on any atom is 0.110 e. The van der Waals surface area contributed by atoms with Crippen LogP contribution in [0.1, 0.15) is 5.56 Å². The van der Waals surface area contributed by atoms with E-state index in [4.69, 9.17) is 5.41 Å². The number of hydrogen-bond acceptors (Lipinski definition) is 4. The summed E-state index contributed by atoms with van der Waals surface area (Å²) in [5.41, 5.74) is 1.91. The van der Waals surface area contributed by atoms with Crippen LogP contribution in [0.2, 0.25) is 0 Å². The number of fused-ring (bicyclic) bond motifs is 1. The molecule has 0 saturated carbocycles. The quantitative estimate of drug-likeness (QED) is 0.407. The average molecular weight is 368 g/mol. The first kappa shape index (κ1) is 13.1. The fourth-order valence-electron chi connectivity index (χ4n) is 1.28. The van der Waals surface area contributed by atoms with Gasteiger partial charge in [-0.05, 0) is 46.9 Å². The van der Waals surface area contributed by atoms with Gasteiger partial charge in [0.2, 0.25) is 0 Å². The van der Waals surface area contributed by atoms with Crippen molar-refractivity contribution >= 4 is 47.8 Å². The van der Waals surface area contributed by atoms with Crippen LogP contribution in [0.4, 0.5) is 0 Å². The molecule has 0 radical (unpaired) electrons. The van der Waals surface area contributed by atoms with Gasteiger partial charge in [0, 0.05) is 30.1 Å². The molecule has 6 heteroatoms. The van der Waals surface area contributed by atoms with Crippen LogP contribution >= 0.6 is 30.8 Å². The van der Waals surface area contributed by atoms with Crippen molar-refractivity contribution in [2.45, 2.75) is 0 Å². The summed E-state index contributed by atoms with van der Waals surface area (Å²) >= 11 is 2.10. The van der Waals surface area contributed by atoms with Crippen LogP contribution in [-0.4, -0.2) is 21.2 Å². The van der Waals surface area contributed by atoms with Gasteiger partial charge in [-0.3, -0.25) is 9.97 Å². The molecule has 0 aliphatic rings. The predicted molar refractivity (Wildman–Crippen MR) is 83.9 cm³/mol. The summed E-state index contributed by atoms with van der Waals surface area (Å²) in [6.45, 7) is 0. The molecule has 3 aromatic heterocycles. The Morgan fingerprint density at radius 2 is 1.89 bits per heavy atom. The molecule has 18 heavy (non-hydrogen) atoms. The Kier molecular flexibility index (Phi) is 4.78. The highest BCUT2D eigenvalue weighted by molar-refractivity contribution is 14.1. The van der Waals surface area contributed by atoms with E-state index in [9.17, 15) is 0 Å². The lowest BCUT2D eigenvalue weighted by atomic mass is 10.3. The number of aromatic nitrogens is 3. The Labute approximate surface area is 120 Å². The lowest BCUT2D eigenvalue weighted by Gasteiger charge is -1.91. The molecule has 0 aromatic carbocycles. The van der Waals surface area contributed by atoms with Crippen molar-refractivity contribution in [1.82, 2.24) is 15.0 Å². The molecule has 1 unspecified atom stereocenters. The van der Waals surface area contributed by atoms with Crippen molar-refractivity contribution in [2.75, 3.05) is 0 Å². The summed E-state index contributed by atoms with van der Waals surface area (Å²) < 4.78 is 0.880. The second-order valence-electron chi connectivity index (χ2n) is 3.30. The molecule has 0 bridgehead atoms. The van der Waals surface area contributed by atoms with Gasteiger partial charge in [0.15, 0.2) is 0 Å². The van der Waals surface area contributed by atoms with E-state index >= 15 is 0 Å². The third kappa shape index (κ3) is 3.34. The molecule has 0 fully saturated rings. The van der Waals surface area contributed by atoms with E-state index in [0.717, 1.165) is 20.0 Å². The minimum atomic E-state index is 0.677. The lowest BCUT2D eigenvalue weighted by molar-refractivity contribution is 1.26. The maximum atomic E-state index is 6.91. The van der Waals surface area contributed by atoms with Crippen LogP contribution in [0.3, 0.4) is 0 Å². The van der Waals surface area contributed by atoms with E-state index < -0.39 is 0 Å². The molecule has 3 heterocycles. The van der Waals surface area contributed by atoms with Gasteiger partial charge in [0.1, 0.15) is 8.95 Å². The third-order valence-corrected chi connectivity index (χ3v) is 3.95. The molecule has 1 N–H and O–H groups in total. The zero-order valence-corrected chi connectivity index (χ0v) is 12.5. The van der Waals surface area contributed by atoms with Crippen LogP contribution in [0, 0.1) is 9.11 Å². The number of hydrogen-bond donors (Lipinski definition) is 1. The molecule has 0 saturated heterocycles. The normalized spacial score (nSPS) is 10.1.